The molecule has 1 amide bonds. The van der Waals surface area contributed by atoms with E-state index in [0.29, 0.717) is 42.3 Å². The minimum atomic E-state index is -0.879. The number of rotatable bonds is 8. The van der Waals surface area contributed by atoms with Crippen LogP contribution in [0.3, 0.4) is 0 Å². The maximum Gasteiger partial charge on any atom is 0.268 e. The smallest absolute Gasteiger partial charge is 0.268 e. The van der Waals surface area contributed by atoms with Crippen LogP contribution in [0.25, 0.3) is 0 Å². The summed E-state index contributed by atoms with van der Waals surface area (Å²) in [5.74, 6) is -0.601. The van der Waals surface area contributed by atoms with Crippen LogP contribution in [0, 0.1) is 18.6 Å². The molecule has 0 aliphatic heterocycles. The van der Waals surface area contributed by atoms with Crippen LogP contribution in [0.1, 0.15) is 51.3 Å². The van der Waals surface area contributed by atoms with Crippen molar-refractivity contribution in [3.63, 3.8) is 0 Å². The van der Waals surface area contributed by atoms with Gasteiger partial charge in [-0.1, -0.05) is 12.1 Å². The third-order valence-electron chi connectivity index (χ3n) is 6.53. The highest BCUT2D eigenvalue weighted by atomic mass is 19.2. The van der Waals surface area contributed by atoms with Gasteiger partial charge < -0.3 is 19.4 Å². The van der Waals surface area contributed by atoms with Gasteiger partial charge in [-0.2, -0.15) is 0 Å². The number of aromatic nitrogens is 1. The Morgan fingerprint density at radius 3 is 2.44 bits per heavy atom. The lowest BCUT2D eigenvalue weighted by molar-refractivity contribution is 0.0944. The summed E-state index contributed by atoms with van der Waals surface area (Å²) in [7, 11) is 3.18. The number of hydrogen-bond acceptors (Lipinski definition) is 3. The summed E-state index contributed by atoms with van der Waals surface area (Å²) in [6.45, 7) is 2.76. The number of carbonyl (C=O) groups excluding carboxylic acids is 1. The van der Waals surface area contributed by atoms with E-state index in [9.17, 15) is 13.6 Å². The quantitative estimate of drug-likeness (QED) is 0.507. The molecular formula is C27H30F2N2O3. The van der Waals surface area contributed by atoms with Gasteiger partial charge in [0.05, 0.1) is 14.2 Å². The molecule has 0 saturated carbocycles. The number of hydrogen-bond donors (Lipinski definition) is 1. The van der Waals surface area contributed by atoms with Crippen molar-refractivity contribution in [2.24, 2.45) is 0 Å². The fraction of sp³-hybridized carbons (Fsp3) is 0.370. The molecule has 7 heteroatoms. The minimum Gasteiger partial charge on any atom is -0.493 e. The van der Waals surface area contributed by atoms with Gasteiger partial charge in [0.1, 0.15) is 5.69 Å². The Bertz CT molecular complexity index is 1200. The van der Waals surface area contributed by atoms with Crippen LogP contribution < -0.4 is 14.8 Å². The number of fused-ring (bicyclic) bond motifs is 1. The number of halogens is 2. The van der Waals surface area contributed by atoms with Gasteiger partial charge in [0.15, 0.2) is 23.1 Å². The standard InChI is InChI=1S/C27H30F2N2O3/c1-17-20-6-4-5-7-23(20)31(16-19-8-10-21(28)22(29)14-19)26(17)27(32)30-13-12-18-9-11-24(33-2)25(15-18)34-3/h8-11,14-15H,4-7,12-13,16H2,1-3H3,(H,30,32). The normalized spacial score (nSPS) is 12.9. The molecule has 1 N–H and O–H groups in total. The molecule has 0 atom stereocenters. The second-order valence-corrected chi connectivity index (χ2v) is 8.64. The number of nitrogens with zero attached hydrogens (tertiary/aromatic N) is 1. The first-order valence-corrected chi connectivity index (χ1v) is 11.6. The van der Waals surface area contributed by atoms with E-state index >= 15 is 0 Å². The fourth-order valence-electron chi connectivity index (χ4n) is 4.80. The van der Waals surface area contributed by atoms with Crippen LogP contribution in [-0.4, -0.2) is 31.2 Å². The lowest BCUT2D eigenvalue weighted by atomic mass is 9.95. The van der Waals surface area contributed by atoms with Gasteiger partial charge in [0.2, 0.25) is 0 Å². The number of methoxy groups -OCH3 is 2. The van der Waals surface area contributed by atoms with Gasteiger partial charge in [0.25, 0.3) is 5.91 Å². The zero-order chi connectivity index (χ0) is 24.2. The Balaban J connectivity index is 1.55. The molecule has 4 rings (SSSR count). The predicted molar refractivity (Wildman–Crippen MR) is 127 cm³/mol. The van der Waals surface area contributed by atoms with Crippen LogP contribution in [0.2, 0.25) is 0 Å². The summed E-state index contributed by atoms with van der Waals surface area (Å²) >= 11 is 0. The van der Waals surface area contributed by atoms with E-state index in [2.05, 4.69) is 5.32 Å². The number of benzene rings is 2. The maximum absolute atomic E-state index is 13.8. The van der Waals surface area contributed by atoms with E-state index in [4.69, 9.17) is 9.47 Å². The molecule has 2 aromatic carbocycles. The van der Waals surface area contributed by atoms with Gasteiger partial charge in [-0.05, 0) is 85.5 Å². The van der Waals surface area contributed by atoms with Gasteiger partial charge in [0, 0.05) is 18.8 Å². The zero-order valence-corrected chi connectivity index (χ0v) is 19.8. The van der Waals surface area contributed by atoms with E-state index in [-0.39, 0.29) is 5.91 Å². The van der Waals surface area contributed by atoms with Crippen LogP contribution in [0.15, 0.2) is 36.4 Å². The summed E-state index contributed by atoms with van der Waals surface area (Å²) in [4.78, 5) is 13.3. The topological polar surface area (TPSA) is 52.5 Å². The molecule has 0 spiro atoms. The van der Waals surface area contributed by atoms with E-state index < -0.39 is 11.6 Å². The number of carbonyl (C=O) groups is 1. The molecule has 1 heterocycles. The minimum absolute atomic E-state index is 0.157. The highest BCUT2D eigenvalue weighted by molar-refractivity contribution is 5.95. The Morgan fingerprint density at radius 2 is 1.71 bits per heavy atom. The zero-order valence-electron chi connectivity index (χ0n) is 19.8. The van der Waals surface area contributed by atoms with Crippen molar-refractivity contribution in [3.8, 4) is 11.5 Å². The van der Waals surface area contributed by atoms with Gasteiger partial charge >= 0.3 is 0 Å². The second-order valence-electron chi connectivity index (χ2n) is 8.64. The highest BCUT2D eigenvalue weighted by Crippen LogP contribution is 2.31. The van der Waals surface area contributed by atoms with E-state index in [1.54, 1.807) is 20.3 Å². The summed E-state index contributed by atoms with van der Waals surface area (Å²) in [5.41, 5.74) is 5.55. The van der Waals surface area contributed by atoms with Crippen LogP contribution in [0.4, 0.5) is 8.78 Å². The van der Waals surface area contributed by atoms with Crippen molar-refractivity contribution in [2.45, 2.75) is 45.6 Å². The number of nitrogens with one attached hydrogen (secondary N) is 1. The highest BCUT2D eigenvalue weighted by Gasteiger charge is 2.26. The number of ether oxygens (including phenoxy) is 2. The molecule has 1 aromatic heterocycles. The molecule has 0 fully saturated rings. The summed E-state index contributed by atoms with van der Waals surface area (Å²) in [5, 5.41) is 3.04. The van der Waals surface area contributed by atoms with Gasteiger partial charge in [-0.15, -0.1) is 0 Å². The third-order valence-corrected chi connectivity index (χ3v) is 6.53. The molecule has 5 nitrogen and oxygen atoms in total. The third kappa shape index (κ3) is 4.79. The molecule has 0 radical (unpaired) electrons. The van der Waals surface area contributed by atoms with E-state index in [1.807, 2.05) is 29.7 Å². The number of amides is 1. The largest absolute Gasteiger partial charge is 0.493 e. The van der Waals surface area contributed by atoms with E-state index in [0.717, 1.165) is 48.6 Å². The van der Waals surface area contributed by atoms with Crippen molar-refractivity contribution in [3.05, 3.63) is 81.7 Å². The summed E-state index contributed by atoms with van der Waals surface area (Å²) in [6, 6.07) is 9.61. The predicted octanol–water partition coefficient (Wildman–Crippen LogP) is 4.99. The van der Waals surface area contributed by atoms with E-state index in [1.165, 1.54) is 11.6 Å². The molecule has 0 saturated heterocycles. The first-order valence-electron chi connectivity index (χ1n) is 11.6. The molecule has 3 aromatic rings. The average Bonchev–Trinajstić information content (AvgIpc) is 3.12. The van der Waals surface area contributed by atoms with Gasteiger partial charge in [-0.25, -0.2) is 8.78 Å². The molecule has 34 heavy (non-hydrogen) atoms. The van der Waals surface area contributed by atoms with Crippen molar-refractivity contribution in [1.29, 1.82) is 0 Å². The van der Waals surface area contributed by atoms with Crippen molar-refractivity contribution in [1.82, 2.24) is 9.88 Å². The first kappa shape index (κ1) is 23.8. The lowest BCUT2D eigenvalue weighted by Crippen LogP contribution is -2.29. The SMILES string of the molecule is COc1ccc(CCNC(=O)c2c(C)c3c(n2Cc2ccc(F)c(F)c2)CCCC3)cc1OC. The Morgan fingerprint density at radius 1 is 0.971 bits per heavy atom. The van der Waals surface area contributed by atoms with Crippen LogP contribution >= 0.6 is 0 Å². The molecule has 180 valence electrons. The van der Waals surface area contributed by atoms with Crippen molar-refractivity contribution in [2.75, 3.05) is 20.8 Å². The Labute approximate surface area is 198 Å². The monoisotopic (exact) mass is 468 g/mol. The summed E-state index contributed by atoms with van der Waals surface area (Å²) in [6.07, 6.45) is 4.57. The van der Waals surface area contributed by atoms with Crippen LogP contribution in [-0.2, 0) is 25.8 Å². The van der Waals surface area contributed by atoms with Crippen LogP contribution in [0.5, 0.6) is 11.5 Å². The molecule has 0 unspecified atom stereocenters. The molecule has 0 bridgehead atoms. The average molecular weight is 469 g/mol. The Hall–Kier alpha value is -3.35. The first-order chi connectivity index (χ1) is 16.4. The lowest BCUT2D eigenvalue weighted by Gasteiger charge is -2.17. The maximum atomic E-state index is 13.8. The Kier molecular flexibility index (Phi) is 7.20. The summed E-state index contributed by atoms with van der Waals surface area (Å²) < 4.78 is 39.9. The van der Waals surface area contributed by atoms with Crippen molar-refractivity contribution < 1.29 is 23.0 Å². The second kappa shape index (κ2) is 10.3. The molecule has 1 aliphatic carbocycles. The fourth-order valence-corrected chi connectivity index (χ4v) is 4.80. The molecule has 1 aliphatic rings. The molecular weight excluding hydrogens is 438 g/mol. The van der Waals surface area contributed by atoms with Gasteiger partial charge in [-0.3, -0.25) is 4.79 Å². The van der Waals surface area contributed by atoms with Crippen molar-refractivity contribution >= 4 is 5.91 Å².